The Morgan fingerprint density at radius 1 is 1.21 bits per heavy atom. The van der Waals surface area contributed by atoms with Gasteiger partial charge in [-0.05, 0) is 81.6 Å². The van der Waals surface area contributed by atoms with Gasteiger partial charge in [0, 0.05) is 22.5 Å². The zero-order valence-electron chi connectivity index (χ0n) is 16.8. The van der Waals surface area contributed by atoms with Crippen LogP contribution in [0.4, 0.5) is 4.39 Å². The van der Waals surface area contributed by atoms with Gasteiger partial charge in [-0.15, -0.1) is 0 Å². The standard InChI is InChI=1S/C23H29ClFNO2/c1-26(2)15-17-12-20(27)10-11-23(17,14-16-4-6-18(24)7-5-16)21-13-19(25)8-9-22(21)28-3/h4-9,13,17,20,27H,10-12,14-15H2,1-3H3. The van der Waals surface area contributed by atoms with Crippen LogP contribution >= 0.6 is 11.6 Å². The maximum absolute atomic E-state index is 14.3. The molecule has 0 aromatic heterocycles. The lowest BCUT2D eigenvalue weighted by Crippen LogP contribution is -2.48. The third-order valence-electron chi connectivity index (χ3n) is 5.98. The molecule has 5 heteroatoms. The quantitative estimate of drug-likeness (QED) is 0.756. The lowest BCUT2D eigenvalue weighted by atomic mass is 9.59. The Hall–Kier alpha value is -1.62. The summed E-state index contributed by atoms with van der Waals surface area (Å²) in [6, 6.07) is 12.6. The van der Waals surface area contributed by atoms with Crippen molar-refractivity contribution >= 4 is 11.6 Å². The molecule has 2 aromatic rings. The SMILES string of the molecule is COc1ccc(F)cc1C1(Cc2ccc(Cl)cc2)CCC(O)CC1CN(C)C. The van der Waals surface area contributed by atoms with Crippen LogP contribution in [0, 0.1) is 11.7 Å². The molecule has 1 N–H and O–H groups in total. The van der Waals surface area contributed by atoms with Crippen molar-refractivity contribution in [3.63, 3.8) is 0 Å². The van der Waals surface area contributed by atoms with Gasteiger partial charge in [-0.25, -0.2) is 4.39 Å². The smallest absolute Gasteiger partial charge is 0.123 e. The van der Waals surface area contributed by atoms with Gasteiger partial charge in [0.2, 0.25) is 0 Å². The largest absolute Gasteiger partial charge is 0.496 e. The number of rotatable bonds is 6. The van der Waals surface area contributed by atoms with E-state index in [4.69, 9.17) is 16.3 Å². The molecule has 1 aliphatic carbocycles. The molecule has 1 fully saturated rings. The van der Waals surface area contributed by atoms with Gasteiger partial charge in [0.1, 0.15) is 11.6 Å². The molecule has 1 aliphatic rings. The molecule has 2 aromatic carbocycles. The normalized spacial score (nSPS) is 25.1. The van der Waals surface area contributed by atoms with Crippen molar-refractivity contribution in [1.29, 1.82) is 0 Å². The highest BCUT2D eigenvalue weighted by Crippen LogP contribution is 2.49. The number of methoxy groups -OCH3 is 1. The predicted molar refractivity (Wildman–Crippen MR) is 112 cm³/mol. The highest BCUT2D eigenvalue weighted by Gasteiger charge is 2.46. The van der Waals surface area contributed by atoms with E-state index in [1.54, 1.807) is 19.2 Å². The molecule has 0 amide bonds. The number of ether oxygens (including phenoxy) is 1. The van der Waals surface area contributed by atoms with E-state index < -0.39 is 0 Å². The number of benzene rings is 2. The zero-order chi connectivity index (χ0) is 20.3. The molecule has 0 aliphatic heterocycles. The van der Waals surface area contributed by atoms with Crippen LogP contribution in [0.5, 0.6) is 5.75 Å². The van der Waals surface area contributed by atoms with Crippen LogP contribution in [-0.2, 0) is 11.8 Å². The number of aliphatic hydroxyl groups is 1. The van der Waals surface area contributed by atoms with Gasteiger partial charge in [0.25, 0.3) is 0 Å². The average Bonchev–Trinajstić information content (AvgIpc) is 2.65. The van der Waals surface area contributed by atoms with Gasteiger partial charge in [-0.3, -0.25) is 0 Å². The topological polar surface area (TPSA) is 32.7 Å². The molecule has 152 valence electrons. The highest BCUT2D eigenvalue weighted by molar-refractivity contribution is 6.30. The van der Waals surface area contributed by atoms with Crippen LogP contribution < -0.4 is 4.74 Å². The van der Waals surface area contributed by atoms with Gasteiger partial charge in [-0.1, -0.05) is 23.7 Å². The van der Waals surface area contributed by atoms with E-state index in [-0.39, 0.29) is 23.3 Å². The van der Waals surface area contributed by atoms with E-state index in [2.05, 4.69) is 4.90 Å². The van der Waals surface area contributed by atoms with Gasteiger partial charge in [0.15, 0.2) is 0 Å². The molecule has 0 heterocycles. The first-order valence-electron chi connectivity index (χ1n) is 9.75. The van der Waals surface area contributed by atoms with E-state index in [9.17, 15) is 9.50 Å². The zero-order valence-corrected chi connectivity index (χ0v) is 17.5. The van der Waals surface area contributed by atoms with Crippen molar-refractivity contribution < 1.29 is 14.2 Å². The van der Waals surface area contributed by atoms with E-state index in [0.29, 0.717) is 23.6 Å². The van der Waals surface area contributed by atoms with Crippen LogP contribution in [0.15, 0.2) is 42.5 Å². The second-order valence-corrected chi connectivity index (χ2v) is 8.63. The molecular formula is C23H29ClFNO2. The fourth-order valence-electron chi connectivity index (χ4n) is 4.71. The van der Waals surface area contributed by atoms with Crippen molar-refractivity contribution in [2.24, 2.45) is 5.92 Å². The lowest BCUT2D eigenvalue weighted by Gasteiger charge is -2.48. The summed E-state index contributed by atoms with van der Waals surface area (Å²) >= 11 is 6.08. The monoisotopic (exact) mass is 405 g/mol. The Labute approximate surface area is 172 Å². The first-order valence-corrected chi connectivity index (χ1v) is 10.1. The average molecular weight is 406 g/mol. The first-order chi connectivity index (χ1) is 13.3. The molecule has 0 bridgehead atoms. The van der Waals surface area contributed by atoms with Gasteiger partial charge < -0.3 is 14.7 Å². The van der Waals surface area contributed by atoms with E-state index in [1.165, 1.54) is 6.07 Å². The summed E-state index contributed by atoms with van der Waals surface area (Å²) in [4.78, 5) is 2.14. The molecule has 3 unspecified atom stereocenters. The third kappa shape index (κ3) is 4.51. The molecule has 3 rings (SSSR count). The van der Waals surface area contributed by atoms with Crippen LogP contribution in [-0.4, -0.2) is 43.9 Å². The fraction of sp³-hybridized carbons (Fsp3) is 0.478. The number of hydrogen-bond donors (Lipinski definition) is 1. The summed E-state index contributed by atoms with van der Waals surface area (Å²) in [6.45, 7) is 0.810. The fourth-order valence-corrected chi connectivity index (χ4v) is 4.83. The molecule has 0 saturated heterocycles. The Bertz CT molecular complexity index is 794. The molecule has 28 heavy (non-hydrogen) atoms. The van der Waals surface area contributed by atoms with Crippen LogP contribution in [0.25, 0.3) is 0 Å². The van der Waals surface area contributed by atoms with Gasteiger partial charge in [0.05, 0.1) is 13.2 Å². The summed E-state index contributed by atoms with van der Waals surface area (Å²) < 4.78 is 20.0. The maximum atomic E-state index is 14.3. The van der Waals surface area contributed by atoms with Crippen molar-refractivity contribution in [2.45, 2.75) is 37.2 Å². The van der Waals surface area contributed by atoms with Crippen molar-refractivity contribution in [1.82, 2.24) is 4.90 Å². The predicted octanol–water partition coefficient (Wildman–Crippen LogP) is 4.69. The summed E-state index contributed by atoms with van der Waals surface area (Å²) in [5.74, 6) is 0.606. The van der Waals surface area contributed by atoms with Crippen molar-refractivity contribution in [2.75, 3.05) is 27.7 Å². The molecular weight excluding hydrogens is 377 g/mol. The number of nitrogens with zero attached hydrogens (tertiary/aromatic N) is 1. The Balaban J connectivity index is 2.14. The molecule has 3 nitrogen and oxygen atoms in total. The Morgan fingerprint density at radius 2 is 1.93 bits per heavy atom. The van der Waals surface area contributed by atoms with E-state index >= 15 is 0 Å². The summed E-state index contributed by atoms with van der Waals surface area (Å²) in [5, 5.41) is 11.1. The lowest BCUT2D eigenvalue weighted by molar-refractivity contribution is 0.0370. The van der Waals surface area contributed by atoms with Gasteiger partial charge in [-0.2, -0.15) is 0 Å². The minimum atomic E-state index is -0.331. The third-order valence-corrected chi connectivity index (χ3v) is 6.23. The van der Waals surface area contributed by atoms with Crippen molar-refractivity contribution in [3.05, 3.63) is 64.4 Å². The van der Waals surface area contributed by atoms with Crippen LogP contribution in [0.1, 0.15) is 30.4 Å². The second-order valence-electron chi connectivity index (χ2n) is 8.19. The maximum Gasteiger partial charge on any atom is 0.123 e. The van der Waals surface area contributed by atoms with E-state index in [1.807, 2.05) is 38.4 Å². The first kappa shape index (κ1) is 21.1. The summed E-state index contributed by atoms with van der Waals surface area (Å²) in [6.07, 6.45) is 2.57. The Kier molecular flexibility index (Phi) is 6.64. The minimum absolute atomic E-state index is 0.164. The molecule has 1 saturated carbocycles. The molecule has 3 atom stereocenters. The van der Waals surface area contributed by atoms with Crippen molar-refractivity contribution in [3.8, 4) is 5.75 Å². The number of halogens is 2. The summed E-state index contributed by atoms with van der Waals surface area (Å²) in [5.41, 5.74) is 1.71. The number of hydrogen-bond acceptors (Lipinski definition) is 3. The molecule has 0 spiro atoms. The molecule has 0 radical (unpaired) electrons. The Morgan fingerprint density at radius 3 is 2.57 bits per heavy atom. The summed E-state index contributed by atoms with van der Waals surface area (Å²) in [7, 11) is 5.71. The minimum Gasteiger partial charge on any atom is -0.496 e. The second kappa shape index (κ2) is 8.81. The highest BCUT2D eigenvalue weighted by atomic mass is 35.5. The number of aliphatic hydroxyl groups excluding tert-OH is 1. The van der Waals surface area contributed by atoms with Gasteiger partial charge >= 0.3 is 0 Å². The van der Waals surface area contributed by atoms with E-state index in [0.717, 1.165) is 30.5 Å². The van der Waals surface area contributed by atoms with Crippen LogP contribution in [0.3, 0.4) is 0 Å². The van der Waals surface area contributed by atoms with Crippen LogP contribution in [0.2, 0.25) is 5.02 Å².